The van der Waals surface area contributed by atoms with Crippen LogP contribution < -0.4 is 0 Å². The summed E-state index contributed by atoms with van der Waals surface area (Å²) >= 11 is 6.18. The molecule has 4 rings (SSSR count). The number of benzene rings is 1. The van der Waals surface area contributed by atoms with Crippen LogP contribution in [0.2, 0.25) is 5.02 Å². The summed E-state index contributed by atoms with van der Waals surface area (Å²) in [4.78, 5) is 13.0. The highest BCUT2D eigenvalue weighted by Gasteiger charge is 2.32. The highest BCUT2D eigenvalue weighted by molar-refractivity contribution is 6.30. The van der Waals surface area contributed by atoms with Crippen LogP contribution in [-0.2, 0) is 17.8 Å². The van der Waals surface area contributed by atoms with Crippen LogP contribution in [0.1, 0.15) is 55.7 Å². The predicted molar refractivity (Wildman–Crippen MR) is 106 cm³/mol. The predicted octanol–water partition coefficient (Wildman–Crippen LogP) is 3.34. The molecule has 1 aromatic carbocycles. The molecule has 0 bridgehead atoms. The van der Waals surface area contributed by atoms with Gasteiger partial charge < -0.3 is 14.9 Å². The highest BCUT2D eigenvalue weighted by Crippen LogP contribution is 2.37. The Morgan fingerprint density at radius 2 is 2.03 bits per heavy atom. The van der Waals surface area contributed by atoms with Crippen molar-refractivity contribution in [1.82, 2.24) is 19.7 Å². The SMILES string of the molecule is CC(CO)OC1CCC(c2nnc3n2-c2ccc(Cl)cc2CN(C(=O)O)C3)CC1. The average Bonchev–Trinajstić information content (AvgIpc) is 3.04. The molecule has 0 spiro atoms. The Kier molecular flexibility index (Phi) is 5.76. The van der Waals surface area contributed by atoms with Crippen molar-refractivity contribution in [3.05, 3.63) is 40.4 Å². The fraction of sp³-hybridized carbons (Fsp3) is 0.550. The topological polar surface area (TPSA) is 101 Å². The van der Waals surface area contributed by atoms with Crippen LogP contribution in [0, 0.1) is 0 Å². The molecular weight excluding hydrogens is 396 g/mol. The van der Waals surface area contributed by atoms with Gasteiger partial charge in [-0.15, -0.1) is 10.2 Å². The van der Waals surface area contributed by atoms with Crippen LogP contribution in [-0.4, -0.2) is 54.8 Å². The van der Waals surface area contributed by atoms with Crippen LogP contribution in [0.4, 0.5) is 4.79 Å². The van der Waals surface area contributed by atoms with Crippen molar-refractivity contribution in [3.63, 3.8) is 0 Å². The van der Waals surface area contributed by atoms with Gasteiger partial charge in [-0.25, -0.2) is 4.79 Å². The molecule has 1 atom stereocenters. The molecule has 29 heavy (non-hydrogen) atoms. The minimum atomic E-state index is -0.996. The molecule has 1 amide bonds. The van der Waals surface area contributed by atoms with E-state index in [0.717, 1.165) is 42.8 Å². The molecule has 1 aliphatic heterocycles. The Bertz CT molecular complexity index is 895. The molecule has 8 nitrogen and oxygen atoms in total. The summed E-state index contributed by atoms with van der Waals surface area (Å²) in [6, 6.07) is 5.54. The molecule has 2 N–H and O–H groups in total. The lowest BCUT2D eigenvalue weighted by molar-refractivity contribution is -0.0460. The maximum absolute atomic E-state index is 11.7. The van der Waals surface area contributed by atoms with Crippen LogP contribution >= 0.6 is 11.6 Å². The molecule has 1 unspecified atom stereocenters. The van der Waals surface area contributed by atoms with Crippen LogP contribution in [0.3, 0.4) is 0 Å². The van der Waals surface area contributed by atoms with Crippen molar-refractivity contribution >= 4 is 17.7 Å². The van der Waals surface area contributed by atoms with E-state index >= 15 is 0 Å². The van der Waals surface area contributed by atoms with E-state index in [1.807, 2.05) is 29.7 Å². The van der Waals surface area contributed by atoms with Crippen molar-refractivity contribution < 1.29 is 19.7 Å². The third-order valence-corrected chi connectivity index (χ3v) is 5.96. The maximum atomic E-state index is 11.7. The summed E-state index contributed by atoms with van der Waals surface area (Å²) in [6.45, 7) is 2.34. The highest BCUT2D eigenvalue weighted by atomic mass is 35.5. The third kappa shape index (κ3) is 4.10. The average molecular weight is 421 g/mol. The third-order valence-electron chi connectivity index (χ3n) is 5.72. The number of hydrogen-bond acceptors (Lipinski definition) is 5. The number of carboxylic acid groups (broad SMARTS) is 1. The smallest absolute Gasteiger partial charge is 0.408 e. The van der Waals surface area contributed by atoms with E-state index < -0.39 is 6.09 Å². The number of aliphatic hydroxyl groups is 1. The second kappa shape index (κ2) is 8.30. The van der Waals surface area contributed by atoms with Crippen molar-refractivity contribution in [2.45, 2.75) is 63.8 Å². The second-order valence-corrected chi connectivity index (χ2v) is 8.26. The number of hydrogen-bond donors (Lipinski definition) is 2. The zero-order valence-corrected chi connectivity index (χ0v) is 17.0. The molecule has 1 fully saturated rings. The number of ether oxygens (including phenoxy) is 1. The van der Waals surface area contributed by atoms with E-state index in [1.165, 1.54) is 4.90 Å². The van der Waals surface area contributed by atoms with Gasteiger partial charge in [0.1, 0.15) is 5.82 Å². The molecule has 9 heteroatoms. The van der Waals surface area contributed by atoms with Gasteiger partial charge >= 0.3 is 6.09 Å². The monoisotopic (exact) mass is 420 g/mol. The van der Waals surface area contributed by atoms with Crippen molar-refractivity contribution in [2.75, 3.05) is 6.61 Å². The summed E-state index contributed by atoms with van der Waals surface area (Å²) < 4.78 is 7.88. The second-order valence-electron chi connectivity index (χ2n) is 7.82. The van der Waals surface area contributed by atoms with Crippen LogP contribution in [0.15, 0.2) is 18.2 Å². The number of nitrogens with zero attached hydrogens (tertiary/aromatic N) is 4. The number of amides is 1. The minimum Gasteiger partial charge on any atom is -0.465 e. The zero-order valence-electron chi connectivity index (χ0n) is 16.3. The Balaban J connectivity index is 1.63. The van der Waals surface area contributed by atoms with Crippen molar-refractivity contribution in [2.24, 2.45) is 0 Å². The van der Waals surface area contributed by atoms with Gasteiger partial charge in [0, 0.05) is 10.9 Å². The Morgan fingerprint density at radius 1 is 1.28 bits per heavy atom. The number of fused-ring (bicyclic) bond motifs is 3. The minimum absolute atomic E-state index is 0.0248. The lowest BCUT2D eigenvalue weighted by Gasteiger charge is -2.30. The van der Waals surface area contributed by atoms with Crippen molar-refractivity contribution in [1.29, 1.82) is 0 Å². The first kappa shape index (κ1) is 20.1. The standard InChI is InChI=1S/C20H25ClN4O4/c1-12(11-26)29-16-5-2-13(3-6-16)19-23-22-18-10-24(20(27)28)9-14-8-15(21)4-7-17(14)25(18)19/h4,7-8,12-13,16,26H,2-3,5-6,9-11H2,1H3,(H,27,28). The van der Waals surface area contributed by atoms with Gasteiger partial charge in [-0.1, -0.05) is 11.6 Å². The Hall–Kier alpha value is -2.16. The van der Waals surface area contributed by atoms with Gasteiger partial charge in [-0.3, -0.25) is 9.47 Å². The molecule has 1 saturated carbocycles. The largest absolute Gasteiger partial charge is 0.465 e. The molecule has 156 valence electrons. The summed E-state index contributed by atoms with van der Waals surface area (Å²) in [5.74, 6) is 1.71. The summed E-state index contributed by atoms with van der Waals surface area (Å²) in [7, 11) is 0. The van der Waals surface area contributed by atoms with Gasteiger partial charge in [0.25, 0.3) is 0 Å². The lowest BCUT2D eigenvalue weighted by Crippen LogP contribution is -2.28. The normalized spacial score (nSPS) is 22.5. The number of carbonyl (C=O) groups is 1. The molecular formula is C20H25ClN4O4. The van der Waals surface area contributed by atoms with Gasteiger partial charge in [0.05, 0.1) is 37.6 Å². The first-order valence-electron chi connectivity index (χ1n) is 9.93. The maximum Gasteiger partial charge on any atom is 0.408 e. The van der Waals surface area contributed by atoms with Crippen LogP contribution in [0.25, 0.3) is 5.69 Å². The first-order valence-corrected chi connectivity index (χ1v) is 10.3. The fourth-order valence-electron chi connectivity index (χ4n) is 4.25. The lowest BCUT2D eigenvalue weighted by atomic mass is 9.86. The van der Waals surface area contributed by atoms with Gasteiger partial charge in [0.2, 0.25) is 0 Å². The molecule has 1 aromatic heterocycles. The molecule has 2 heterocycles. The first-order chi connectivity index (χ1) is 14.0. The number of aliphatic hydroxyl groups excluding tert-OH is 1. The molecule has 2 aliphatic rings. The molecule has 2 aromatic rings. The summed E-state index contributed by atoms with van der Waals surface area (Å²) in [5.41, 5.74) is 1.73. The number of halogens is 1. The van der Waals surface area contributed by atoms with E-state index in [4.69, 9.17) is 16.3 Å². The van der Waals surface area contributed by atoms with Crippen molar-refractivity contribution in [3.8, 4) is 5.69 Å². The molecule has 0 saturated heterocycles. The quantitative estimate of drug-likeness (QED) is 0.786. The molecule has 0 radical (unpaired) electrons. The van der Waals surface area contributed by atoms with Gasteiger partial charge in [-0.05, 0) is 56.4 Å². The zero-order chi connectivity index (χ0) is 20.5. The van der Waals surface area contributed by atoms with E-state index in [9.17, 15) is 15.0 Å². The van der Waals surface area contributed by atoms with E-state index in [2.05, 4.69) is 10.2 Å². The van der Waals surface area contributed by atoms with Gasteiger partial charge in [-0.2, -0.15) is 0 Å². The van der Waals surface area contributed by atoms with E-state index in [-0.39, 0.29) is 37.8 Å². The fourth-order valence-corrected chi connectivity index (χ4v) is 4.45. The molecule has 1 aliphatic carbocycles. The number of rotatable bonds is 4. The van der Waals surface area contributed by atoms with E-state index in [1.54, 1.807) is 0 Å². The van der Waals surface area contributed by atoms with Gasteiger partial charge in [0.15, 0.2) is 5.82 Å². The Labute approximate surface area is 174 Å². The summed E-state index contributed by atoms with van der Waals surface area (Å²) in [5, 5.41) is 28.1. The van der Waals surface area contributed by atoms with E-state index in [0.29, 0.717) is 10.8 Å². The Morgan fingerprint density at radius 3 is 2.72 bits per heavy atom. The van der Waals surface area contributed by atoms with Crippen LogP contribution in [0.5, 0.6) is 0 Å². The number of aromatic nitrogens is 3. The summed E-state index contributed by atoms with van der Waals surface area (Å²) in [6.07, 6.45) is 2.61.